The maximum atomic E-state index is 12.9. The molecule has 2 aliphatic rings. The van der Waals surface area contributed by atoms with Crippen molar-refractivity contribution in [3.8, 4) is 0 Å². The van der Waals surface area contributed by atoms with Crippen LogP contribution in [0, 0.1) is 0 Å². The number of amides is 1. The summed E-state index contributed by atoms with van der Waals surface area (Å²) in [6.07, 6.45) is 4.78. The zero-order valence-electron chi connectivity index (χ0n) is 15.5. The Balaban J connectivity index is 1.22. The Morgan fingerprint density at radius 3 is 2.89 bits per heavy atom. The smallest absolute Gasteiger partial charge is 0.274 e. The third kappa shape index (κ3) is 3.28. The van der Waals surface area contributed by atoms with Gasteiger partial charge in [0.05, 0.1) is 10.7 Å². The molecule has 2 N–H and O–H groups in total. The van der Waals surface area contributed by atoms with Gasteiger partial charge in [0, 0.05) is 75.9 Å². The van der Waals surface area contributed by atoms with Crippen molar-refractivity contribution in [2.45, 2.75) is 19.5 Å². The molecule has 3 aromatic rings. The summed E-state index contributed by atoms with van der Waals surface area (Å²) in [5, 5.41) is 11.3. The van der Waals surface area contributed by atoms with Crippen molar-refractivity contribution < 1.29 is 4.79 Å². The lowest BCUT2D eigenvalue weighted by molar-refractivity contribution is 0.0620. The van der Waals surface area contributed by atoms with Gasteiger partial charge >= 0.3 is 0 Å². The second-order valence-corrected chi connectivity index (χ2v) is 7.81. The first kappa shape index (κ1) is 17.7. The maximum Gasteiger partial charge on any atom is 0.274 e. The van der Waals surface area contributed by atoms with Crippen LogP contribution in [0.15, 0.2) is 24.5 Å². The number of hydrogen-bond acceptors (Lipinski definition) is 5. The summed E-state index contributed by atoms with van der Waals surface area (Å²) >= 11 is 6.04. The van der Waals surface area contributed by atoms with Crippen molar-refractivity contribution in [2.24, 2.45) is 0 Å². The average molecular weight is 400 g/mol. The molecule has 8 nitrogen and oxygen atoms in total. The predicted molar refractivity (Wildman–Crippen MR) is 105 cm³/mol. The Labute approximate surface area is 167 Å². The minimum absolute atomic E-state index is 0.0308. The second-order valence-electron chi connectivity index (χ2n) is 7.37. The van der Waals surface area contributed by atoms with Crippen LogP contribution in [0.4, 0.5) is 0 Å². The number of imidazole rings is 1. The molecule has 146 valence electrons. The minimum Gasteiger partial charge on any atom is -0.335 e. The van der Waals surface area contributed by atoms with E-state index in [0.717, 1.165) is 55.2 Å². The van der Waals surface area contributed by atoms with E-state index in [1.54, 1.807) is 0 Å². The number of aromatic amines is 1. The van der Waals surface area contributed by atoms with Crippen LogP contribution in [0.3, 0.4) is 0 Å². The summed E-state index contributed by atoms with van der Waals surface area (Å²) in [6.45, 7) is 5.46. The highest BCUT2D eigenvalue weighted by Gasteiger charge is 2.28. The van der Waals surface area contributed by atoms with Crippen molar-refractivity contribution in [1.29, 1.82) is 0 Å². The van der Waals surface area contributed by atoms with Gasteiger partial charge in [0.2, 0.25) is 0 Å². The monoisotopic (exact) mass is 399 g/mol. The lowest BCUT2D eigenvalue weighted by Crippen LogP contribution is -2.48. The first-order valence-electron chi connectivity index (χ1n) is 9.59. The summed E-state index contributed by atoms with van der Waals surface area (Å²) in [4.78, 5) is 21.8. The van der Waals surface area contributed by atoms with Crippen LogP contribution in [-0.2, 0) is 19.5 Å². The number of carbonyl (C=O) groups excluding carboxylic acids is 1. The number of pyridine rings is 1. The van der Waals surface area contributed by atoms with Gasteiger partial charge in [-0.25, -0.2) is 4.98 Å². The summed E-state index contributed by atoms with van der Waals surface area (Å²) in [6, 6.07) is 3.77. The highest BCUT2D eigenvalue weighted by atomic mass is 35.5. The van der Waals surface area contributed by atoms with Crippen LogP contribution < -0.4 is 5.32 Å². The van der Waals surface area contributed by atoms with Gasteiger partial charge in [-0.1, -0.05) is 11.6 Å². The Bertz CT molecular complexity index is 1020. The van der Waals surface area contributed by atoms with E-state index in [-0.39, 0.29) is 5.91 Å². The van der Waals surface area contributed by atoms with E-state index in [1.807, 2.05) is 33.8 Å². The van der Waals surface area contributed by atoms with Crippen LogP contribution in [-0.4, -0.2) is 68.0 Å². The molecule has 0 spiro atoms. The zero-order chi connectivity index (χ0) is 19.1. The van der Waals surface area contributed by atoms with Crippen molar-refractivity contribution in [3.63, 3.8) is 0 Å². The average Bonchev–Trinajstić information content (AvgIpc) is 3.31. The molecule has 0 unspecified atom stereocenters. The molecule has 0 atom stereocenters. The Morgan fingerprint density at radius 1 is 1.18 bits per heavy atom. The number of nitrogens with zero attached hydrogens (tertiary/aromatic N) is 5. The standard InChI is InChI=1S/C19H22ClN7O/c20-13-1-2-17-22-14(12-27(17)10-13)11-25-5-7-26(8-6-25)19(28)18-15-9-21-4-3-16(15)23-24-18/h1-2,10,12,21H,3-9,11H2,(H,23,24). The molecule has 3 aromatic heterocycles. The molecule has 5 rings (SSSR count). The molecule has 5 heterocycles. The van der Waals surface area contributed by atoms with E-state index in [4.69, 9.17) is 11.6 Å². The molecule has 0 aromatic carbocycles. The highest BCUT2D eigenvalue weighted by molar-refractivity contribution is 6.30. The van der Waals surface area contributed by atoms with E-state index >= 15 is 0 Å². The maximum absolute atomic E-state index is 12.9. The largest absolute Gasteiger partial charge is 0.335 e. The molecular weight excluding hydrogens is 378 g/mol. The molecule has 1 amide bonds. The van der Waals surface area contributed by atoms with Crippen LogP contribution >= 0.6 is 11.6 Å². The van der Waals surface area contributed by atoms with Crippen LogP contribution in [0.2, 0.25) is 5.02 Å². The van der Waals surface area contributed by atoms with Gasteiger partial charge in [0.25, 0.3) is 5.91 Å². The number of carbonyl (C=O) groups is 1. The van der Waals surface area contributed by atoms with Gasteiger partial charge in [-0.05, 0) is 12.1 Å². The minimum atomic E-state index is 0.0308. The third-order valence-corrected chi connectivity index (χ3v) is 5.74. The van der Waals surface area contributed by atoms with Crippen LogP contribution in [0.5, 0.6) is 0 Å². The molecule has 0 bridgehead atoms. The quantitative estimate of drug-likeness (QED) is 0.694. The van der Waals surface area contributed by atoms with Crippen molar-refractivity contribution in [1.82, 2.24) is 34.7 Å². The van der Waals surface area contributed by atoms with Crippen molar-refractivity contribution >= 4 is 23.2 Å². The fraction of sp³-hybridized carbons (Fsp3) is 0.421. The summed E-state index contributed by atoms with van der Waals surface area (Å²) in [5.41, 5.74) is 4.60. The topological polar surface area (TPSA) is 81.6 Å². The van der Waals surface area contributed by atoms with Gasteiger partial charge in [-0.2, -0.15) is 5.10 Å². The molecule has 0 radical (unpaired) electrons. The number of fused-ring (bicyclic) bond motifs is 2. The Kier molecular flexibility index (Phi) is 4.54. The number of rotatable bonds is 3. The van der Waals surface area contributed by atoms with E-state index in [1.165, 1.54) is 0 Å². The Morgan fingerprint density at radius 2 is 2.04 bits per heavy atom. The fourth-order valence-electron chi connectivity index (χ4n) is 3.98. The summed E-state index contributed by atoms with van der Waals surface area (Å²) in [7, 11) is 0. The predicted octanol–water partition coefficient (Wildman–Crippen LogP) is 1.31. The number of nitrogens with one attached hydrogen (secondary N) is 2. The van der Waals surface area contributed by atoms with Crippen molar-refractivity contribution in [3.05, 3.63) is 52.2 Å². The van der Waals surface area contributed by atoms with Gasteiger partial charge in [0.15, 0.2) is 5.69 Å². The third-order valence-electron chi connectivity index (χ3n) is 5.52. The normalized spacial score (nSPS) is 17.8. The SMILES string of the molecule is O=C(c1n[nH]c2c1CNCC2)N1CCN(Cc2cn3cc(Cl)ccc3n2)CC1. The second kappa shape index (κ2) is 7.20. The summed E-state index contributed by atoms with van der Waals surface area (Å²) < 4.78 is 1.95. The lowest BCUT2D eigenvalue weighted by Gasteiger charge is -2.34. The van der Waals surface area contributed by atoms with Gasteiger partial charge in [0.1, 0.15) is 5.65 Å². The number of hydrogen-bond donors (Lipinski definition) is 2. The Hall–Kier alpha value is -2.42. The lowest BCUT2D eigenvalue weighted by atomic mass is 10.1. The first-order valence-corrected chi connectivity index (χ1v) is 9.97. The molecule has 0 aliphatic carbocycles. The van der Waals surface area contributed by atoms with Gasteiger partial charge in [-0.3, -0.25) is 14.8 Å². The number of aromatic nitrogens is 4. The van der Waals surface area contributed by atoms with Crippen LogP contribution in [0.25, 0.3) is 5.65 Å². The highest BCUT2D eigenvalue weighted by Crippen LogP contribution is 2.19. The number of H-pyrrole nitrogens is 1. The zero-order valence-corrected chi connectivity index (χ0v) is 16.2. The number of halogens is 1. The van der Waals surface area contributed by atoms with Gasteiger partial charge in [-0.15, -0.1) is 0 Å². The van der Waals surface area contributed by atoms with E-state index in [9.17, 15) is 4.79 Å². The molecular formula is C19H22ClN7O. The summed E-state index contributed by atoms with van der Waals surface area (Å²) in [5.74, 6) is 0.0308. The molecule has 28 heavy (non-hydrogen) atoms. The number of piperazine rings is 1. The van der Waals surface area contributed by atoms with E-state index in [0.29, 0.717) is 30.4 Å². The van der Waals surface area contributed by atoms with Crippen molar-refractivity contribution in [2.75, 3.05) is 32.7 Å². The molecule has 1 fully saturated rings. The van der Waals surface area contributed by atoms with Crippen LogP contribution in [0.1, 0.15) is 27.4 Å². The molecule has 2 aliphatic heterocycles. The first-order chi connectivity index (χ1) is 13.7. The van der Waals surface area contributed by atoms with E-state index in [2.05, 4.69) is 25.4 Å². The van der Waals surface area contributed by atoms with Gasteiger partial charge < -0.3 is 14.6 Å². The molecule has 0 saturated carbocycles. The molecule has 9 heteroatoms. The van der Waals surface area contributed by atoms with E-state index < -0.39 is 0 Å². The molecule has 1 saturated heterocycles. The fourth-order valence-corrected chi connectivity index (χ4v) is 4.15.